The monoisotopic (exact) mass is 286 g/mol. The first kappa shape index (κ1) is 13.1. The van der Waals surface area contributed by atoms with Crippen molar-refractivity contribution in [3.05, 3.63) is 53.7 Å². The Kier molecular flexibility index (Phi) is 3.65. The minimum atomic E-state index is 0.554. The highest BCUT2D eigenvalue weighted by atomic mass is 35.5. The Morgan fingerprint density at radius 3 is 2.95 bits per heavy atom. The van der Waals surface area contributed by atoms with Gasteiger partial charge in [0.05, 0.1) is 6.54 Å². The zero-order valence-corrected chi connectivity index (χ0v) is 12.0. The summed E-state index contributed by atoms with van der Waals surface area (Å²) < 4.78 is 2.14. The van der Waals surface area contributed by atoms with E-state index < -0.39 is 0 Å². The van der Waals surface area contributed by atoms with Gasteiger partial charge in [0.2, 0.25) is 0 Å². The van der Waals surface area contributed by atoms with E-state index in [9.17, 15) is 0 Å². The molecule has 0 atom stereocenters. The van der Waals surface area contributed by atoms with Crippen molar-refractivity contribution in [2.45, 2.75) is 19.9 Å². The van der Waals surface area contributed by atoms with Crippen LogP contribution in [0.5, 0.6) is 0 Å². The number of fused-ring (bicyclic) bond motifs is 1. The molecule has 0 aromatic carbocycles. The van der Waals surface area contributed by atoms with Gasteiger partial charge in [-0.1, -0.05) is 0 Å². The van der Waals surface area contributed by atoms with Crippen molar-refractivity contribution in [2.24, 2.45) is 0 Å². The molecule has 0 aliphatic carbocycles. The molecule has 5 heteroatoms. The number of pyridine rings is 2. The average molecular weight is 287 g/mol. The van der Waals surface area contributed by atoms with E-state index in [1.54, 1.807) is 6.20 Å². The zero-order valence-electron chi connectivity index (χ0n) is 11.3. The van der Waals surface area contributed by atoms with Gasteiger partial charge in [0.25, 0.3) is 0 Å². The van der Waals surface area contributed by atoms with E-state index in [4.69, 9.17) is 11.6 Å². The molecule has 3 rings (SSSR count). The summed E-state index contributed by atoms with van der Waals surface area (Å²) in [6, 6.07) is 5.92. The maximum atomic E-state index is 5.89. The van der Waals surface area contributed by atoms with E-state index >= 15 is 0 Å². The summed E-state index contributed by atoms with van der Waals surface area (Å²) >= 11 is 5.89. The fourth-order valence-electron chi connectivity index (χ4n) is 2.30. The molecule has 20 heavy (non-hydrogen) atoms. The molecular formula is C15H15ClN4. The number of rotatable bonds is 4. The van der Waals surface area contributed by atoms with Crippen molar-refractivity contribution >= 4 is 22.8 Å². The van der Waals surface area contributed by atoms with Crippen LogP contribution in [0.25, 0.3) is 11.2 Å². The number of hydrogen-bond donors (Lipinski definition) is 0. The summed E-state index contributed by atoms with van der Waals surface area (Å²) in [4.78, 5) is 13.2. The molecule has 3 aromatic heterocycles. The van der Waals surface area contributed by atoms with Crippen LogP contribution in [0.2, 0.25) is 0 Å². The molecule has 0 saturated heterocycles. The molecule has 0 unspecified atom stereocenters. The van der Waals surface area contributed by atoms with Crippen LogP contribution in [-0.2, 0) is 13.0 Å². The normalized spacial score (nSPS) is 11.1. The van der Waals surface area contributed by atoms with Gasteiger partial charge in [-0.3, -0.25) is 4.98 Å². The number of hydrogen-bond acceptors (Lipinski definition) is 3. The van der Waals surface area contributed by atoms with Crippen molar-refractivity contribution < 1.29 is 0 Å². The van der Waals surface area contributed by atoms with Crippen LogP contribution in [0.3, 0.4) is 0 Å². The van der Waals surface area contributed by atoms with Crippen LogP contribution in [0.4, 0.5) is 0 Å². The lowest BCUT2D eigenvalue weighted by Crippen LogP contribution is -2.07. The average Bonchev–Trinajstić information content (AvgIpc) is 2.80. The first-order valence-electron chi connectivity index (χ1n) is 6.55. The number of halogens is 1. The van der Waals surface area contributed by atoms with Crippen LogP contribution in [0.15, 0.2) is 36.8 Å². The van der Waals surface area contributed by atoms with E-state index in [1.807, 2.05) is 30.6 Å². The number of nitrogens with zero attached hydrogens (tertiary/aromatic N) is 4. The van der Waals surface area contributed by atoms with Gasteiger partial charge in [-0.2, -0.15) is 0 Å². The SMILES string of the molecule is Cc1cnccc1Cn1c(CCCl)nc2cccnc21. The van der Waals surface area contributed by atoms with Crippen LogP contribution >= 0.6 is 11.6 Å². The van der Waals surface area contributed by atoms with Gasteiger partial charge < -0.3 is 4.57 Å². The Hall–Kier alpha value is -1.94. The molecule has 0 bridgehead atoms. The van der Waals surface area contributed by atoms with Gasteiger partial charge in [0, 0.05) is 30.9 Å². The van der Waals surface area contributed by atoms with Gasteiger partial charge in [-0.15, -0.1) is 11.6 Å². The van der Waals surface area contributed by atoms with E-state index in [2.05, 4.69) is 26.4 Å². The highest BCUT2D eigenvalue weighted by Gasteiger charge is 2.12. The van der Waals surface area contributed by atoms with Gasteiger partial charge in [-0.05, 0) is 36.2 Å². The molecule has 3 heterocycles. The highest BCUT2D eigenvalue weighted by molar-refractivity contribution is 6.17. The van der Waals surface area contributed by atoms with E-state index in [0.29, 0.717) is 5.88 Å². The largest absolute Gasteiger partial charge is 0.308 e. The second-order valence-electron chi connectivity index (χ2n) is 4.70. The number of aryl methyl sites for hydroxylation is 2. The summed E-state index contributed by atoms with van der Waals surface area (Å²) in [6.07, 6.45) is 6.23. The molecule has 0 saturated carbocycles. The highest BCUT2D eigenvalue weighted by Crippen LogP contribution is 2.17. The molecule has 0 radical (unpaired) electrons. The first-order valence-corrected chi connectivity index (χ1v) is 7.08. The molecule has 0 fully saturated rings. The predicted octanol–water partition coefficient (Wildman–Crippen LogP) is 2.96. The quantitative estimate of drug-likeness (QED) is 0.693. The summed E-state index contributed by atoms with van der Waals surface area (Å²) in [5, 5.41) is 0. The third-order valence-corrected chi connectivity index (χ3v) is 3.55. The third-order valence-electron chi connectivity index (χ3n) is 3.37. The Bertz CT molecular complexity index is 736. The maximum Gasteiger partial charge on any atom is 0.160 e. The lowest BCUT2D eigenvalue weighted by atomic mass is 10.1. The molecule has 102 valence electrons. The molecular weight excluding hydrogens is 272 g/mol. The number of aromatic nitrogens is 4. The van der Waals surface area contributed by atoms with Crippen molar-refractivity contribution in [1.29, 1.82) is 0 Å². The molecule has 0 amide bonds. The fraction of sp³-hybridized carbons (Fsp3) is 0.267. The smallest absolute Gasteiger partial charge is 0.160 e. The topological polar surface area (TPSA) is 43.6 Å². The van der Waals surface area contributed by atoms with Gasteiger partial charge in [0.1, 0.15) is 11.3 Å². The molecule has 0 N–H and O–H groups in total. The van der Waals surface area contributed by atoms with Crippen molar-refractivity contribution in [3.8, 4) is 0 Å². The van der Waals surface area contributed by atoms with E-state index in [0.717, 1.165) is 30.0 Å². The Labute approximate surface area is 122 Å². The van der Waals surface area contributed by atoms with Crippen LogP contribution in [0.1, 0.15) is 17.0 Å². The number of imidazole rings is 1. The first-order chi connectivity index (χ1) is 9.79. The minimum absolute atomic E-state index is 0.554. The Morgan fingerprint density at radius 2 is 2.15 bits per heavy atom. The third kappa shape index (κ3) is 2.39. The Morgan fingerprint density at radius 1 is 1.25 bits per heavy atom. The standard InChI is InChI=1S/C15H15ClN4/c1-11-9-17-8-5-12(11)10-20-14(4-6-16)19-13-3-2-7-18-15(13)20/h2-3,5,7-9H,4,6,10H2,1H3. The van der Waals surface area contributed by atoms with Crippen molar-refractivity contribution in [3.63, 3.8) is 0 Å². The van der Waals surface area contributed by atoms with Gasteiger partial charge >= 0.3 is 0 Å². The van der Waals surface area contributed by atoms with Crippen molar-refractivity contribution in [2.75, 3.05) is 5.88 Å². The summed E-state index contributed by atoms with van der Waals surface area (Å²) in [5.74, 6) is 1.53. The fourth-order valence-corrected chi connectivity index (χ4v) is 2.47. The summed E-state index contributed by atoms with van der Waals surface area (Å²) in [5.41, 5.74) is 4.21. The lowest BCUT2D eigenvalue weighted by Gasteiger charge is -2.10. The van der Waals surface area contributed by atoms with Gasteiger partial charge in [-0.25, -0.2) is 9.97 Å². The zero-order chi connectivity index (χ0) is 13.9. The summed E-state index contributed by atoms with van der Waals surface area (Å²) in [6.45, 7) is 2.81. The second-order valence-corrected chi connectivity index (χ2v) is 5.08. The number of alkyl halides is 1. The predicted molar refractivity (Wildman–Crippen MR) is 80.0 cm³/mol. The lowest BCUT2D eigenvalue weighted by molar-refractivity contribution is 0.743. The molecule has 4 nitrogen and oxygen atoms in total. The second kappa shape index (κ2) is 5.59. The van der Waals surface area contributed by atoms with Crippen LogP contribution < -0.4 is 0 Å². The summed E-state index contributed by atoms with van der Waals surface area (Å²) in [7, 11) is 0. The molecule has 3 aromatic rings. The molecule has 0 aliphatic heterocycles. The van der Waals surface area contributed by atoms with Gasteiger partial charge in [0.15, 0.2) is 5.65 Å². The van der Waals surface area contributed by atoms with E-state index in [1.165, 1.54) is 11.1 Å². The van der Waals surface area contributed by atoms with E-state index in [-0.39, 0.29) is 0 Å². The maximum absolute atomic E-state index is 5.89. The molecule has 0 spiro atoms. The molecule has 0 aliphatic rings. The minimum Gasteiger partial charge on any atom is -0.308 e. The van der Waals surface area contributed by atoms with Crippen LogP contribution in [0, 0.1) is 6.92 Å². The van der Waals surface area contributed by atoms with Crippen LogP contribution in [-0.4, -0.2) is 25.4 Å². The Balaban J connectivity index is 2.09. The van der Waals surface area contributed by atoms with Crippen molar-refractivity contribution in [1.82, 2.24) is 19.5 Å².